The van der Waals surface area contributed by atoms with Gasteiger partial charge in [0.1, 0.15) is 0 Å². The average molecular weight is 255 g/mol. The Morgan fingerprint density at radius 3 is 2.94 bits per heavy atom. The largest absolute Gasteiger partial charge is 0.477 e. The molecule has 1 aliphatic carbocycles. The van der Waals surface area contributed by atoms with Gasteiger partial charge in [-0.05, 0) is 24.3 Å². The third kappa shape index (κ3) is 4.17. The molecule has 3 nitrogen and oxygen atoms in total. The van der Waals surface area contributed by atoms with E-state index in [1.807, 2.05) is 6.07 Å². The molecule has 1 N–H and O–H groups in total. The fourth-order valence-electron chi connectivity index (χ4n) is 1.47. The van der Waals surface area contributed by atoms with Gasteiger partial charge in [0.2, 0.25) is 5.88 Å². The molecule has 2 rings (SSSR count). The predicted molar refractivity (Wildman–Crippen MR) is 69.4 cm³/mol. The van der Waals surface area contributed by atoms with Crippen LogP contribution in [0.3, 0.4) is 0 Å². The molecule has 17 heavy (non-hydrogen) atoms. The van der Waals surface area contributed by atoms with Crippen molar-refractivity contribution in [1.29, 1.82) is 0 Å². The minimum Gasteiger partial charge on any atom is -0.477 e. The van der Waals surface area contributed by atoms with Gasteiger partial charge in [-0.25, -0.2) is 4.98 Å². The summed E-state index contributed by atoms with van der Waals surface area (Å²) in [6.45, 7) is 5.71. The number of hydrogen-bond donors (Lipinski definition) is 1. The van der Waals surface area contributed by atoms with Crippen LogP contribution in [0.2, 0.25) is 5.02 Å². The molecule has 0 spiro atoms. The van der Waals surface area contributed by atoms with E-state index in [1.165, 1.54) is 12.8 Å². The van der Waals surface area contributed by atoms with Crippen LogP contribution in [0.15, 0.2) is 12.3 Å². The summed E-state index contributed by atoms with van der Waals surface area (Å²) < 4.78 is 5.59. The Balaban J connectivity index is 1.94. The van der Waals surface area contributed by atoms with Crippen LogP contribution in [0.25, 0.3) is 0 Å². The first-order valence-corrected chi connectivity index (χ1v) is 6.53. The Labute approximate surface area is 108 Å². The summed E-state index contributed by atoms with van der Waals surface area (Å²) in [5.41, 5.74) is 1.06. The first-order valence-electron chi connectivity index (χ1n) is 6.15. The molecule has 0 atom stereocenters. The number of nitrogens with zero attached hydrogens (tertiary/aromatic N) is 1. The van der Waals surface area contributed by atoms with Crippen molar-refractivity contribution in [1.82, 2.24) is 10.3 Å². The van der Waals surface area contributed by atoms with Crippen LogP contribution in [-0.4, -0.2) is 17.6 Å². The smallest absolute Gasteiger partial charge is 0.213 e. The van der Waals surface area contributed by atoms with Gasteiger partial charge in [0.15, 0.2) is 0 Å². The highest BCUT2D eigenvalue weighted by Gasteiger charge is 2.20. The fourth-order valence-corrected chi connectivity index (χ4v) is 1.64. The Morgan fingerprint density at radius 1 is 1.53 bits per heavy atom. The molecule has 94 valence electrons. The Hall–Kier alpha value is -0.800. The Bertz CT molecular complexity index is 378. The SMILES string of the molecule is CC(C)COc1cc(CNC2CC2)c(Cl)cn1. The van der Waals surface area contributed by atoms with Crippen molar-refractivity contribution < 1.29 is 4.74 Å². The van der Waals surface area contributed by atoms with Crippen LogP contribution in [-0.2, 0) is 6.54 Å². The molecule has 1 aliphatic rings. The average Bonchev–Trinajstić information content (AvgIpc) is 3.10. The first kappa shape index (κ1) is 12.7. The third-order valence-corrected chi connectivity index (χ3v) is 2.97. The molecule has 1 aromatic heterocycles. The quantitative estimate of drug-likeness (QED) is 0.847. The van der Waals surface area contributed by atoms with Gasteiger partial charge in [-0.2, -0.15) is 0 Å². The zero-order valence-electron chi connectivity index (χ0n) is 10.4. The van der Waals surface area contributed by atoms with Crippen molar-refractivity contribution in [2.24, 2.45) is 5.92 Å². The second-order valence-electron chi connectivity index (χ2n) is 4.97. The van der Waals surface area contributed by atoms with Gasteiger partial charge in [-0.3, -0.25) is 0 Å². The number of pyridine rings is 1. The molecule has 1 heterocycles. The van der Waals surface area contributed by atoms with E-state index in [0.717, 1.165) is 12.1 Å². The van der Waals surface area contributed by atoms with Gasteiger partial charge in [0.25, 0.3) is 0 Å². The number of halogens is 1. The minimum atomic E-state index is 0.500. The number of rotatable bonds is 6. The zero-order chi connectivity index (χ0) is 12.3. The monoisotopic (exact) mass is 254 g/mol. The highest BCUT2D eigenvalue weighted by atomic mass is 35.5. The third-order valence-electron chi connectivity index (χ3n) is 2.63. The van der Waals surface area contributed by atoms with Crippen molar-refractivity contribution in [3.8, 4) is 5.88 Å². The van der Waals surface area contributed by atoms with Gasteiger partial charge in [-0.15, -0.1) is 0 Å². The molecule has 0 amide bonds. The van der Waals surface area contributed by atoms with Gasteiger partial charge >= 0.3 is 0 Å². The van der Waals surface area contributed by atoms with Crippen LogP contribution < -0.4 is 10.1 Å². The number of aromatic nitrogens is 1. The summed E-state index contributed by atoms with van der Waals surface area (Å²) in [5, 5.41) is 4.14. The molecule has 1 saturated carbocycles. The molecule has 1 fully saturated rings. The zero-order valence-corrected chi connectivity index (χ0v) is 11.1. The van der Waals surface area contributed by atoms with Crippen LogP contribution in [0.5, 0.6) is 5.88 Å². The summed E-state index contributed by atoms with van der Waals surface area (Å²) in [6.07, 6.45) is 4.22. The lowest BCUT2D eigenvalue weighted by atomic mass is 10.2. The lowest BCUT2D eigenvalue weighted by Gasteiger charge is -2.10. The maximum absolute atomic E-state index is 6.10. The first-order chi connectivity index (χ1) is 8.15. The maximum Gasteiger partial charge on any atom is 0.213 e. The summed E-state index contributed by atoms with van der Waals surface area (Å²) >= 11 is 6.10. The van der Waals surface area contributed by atoms with E-state index in [4.69, 9.17) is 16.3 Å². The van der Waals surface area contributed by atoms with Gasteiger partial charge in [-0.1, -0.05) is 25.4 Å². The van der Waals surface area contributed by atoms with Crippen LogP contribution in [0.4, 0.5) is 0 Å². The fraction of sp³-hybridized carbons (Fsp3) is 0.615. The van der Waals surface area contributed by atoms with E-state index < -0.39 is 0 Å². The summed E-state index contributed by atoms with van der Waals surface area (Å²) in [4.78, 5) is 4.17. The molecule has 0 aromatic carbocycles. The summed E-state index contributed by atoms with van der Waals surface area (Å²) in [7, 11) is 0. The molecule has 0 aliphatic heterocycles. The van der Waals surface area contributed by atoms with Gasteiger partial charge in [0, 0.05) is 24.8 Å². The number of nitrogens with one attached hydrogen (secondary N) is 1. The second kappa shape index (κ2) is 5.69. The maximum atomic E-state index is 6.10. The van der Waals surface area contributed by atoms with Crippen molar-refractivity contribution in [3.05, 3.63) is 22.8 Å². The summed E-state index contributed by atoms with van der Waals surface area (Å²) in [5.74, 6) is 1.16. The van der Waals surface area contributed by atoms with E-state index in [0.29, 0.717) is 29.5 Å². The Kier molecular flexibility index (Phi) is 4.24. The molecule has 4 heteroatoms. The standard InChI is InChI=1S/C13H19ClN2O/c1-9(2)8-17-13-5-10(12(14)7-16-13)6-15-11-3-4-11/h5,7,9,11,15H,3-4,6,8H2,1-2H3. The van der Waals surface area contributed by atoms with E-state index >= 15 is 0 Å². The van der Waals surface area contributed by atoms with Crippen LogP contribution in [0.1, 0.15) is 32.3 Å². The van der Waals surface area contributed by atoms with Crippen molar-refractivity contribution >= 4 is 11.6 Å². The van der Waals surface area contributed by atoms with Crippen molar-refractivity contribution in [2.75, 3.05) is 6.61 Å². The highest BCUT2D eigenvalue weighted by Crippen LogP contribution is 2.23. The second-order valence-corrected chi connectivity index (χ2v) is 5.38. The molecule has 0 radical (unpaired) electrons. The van der Waals surface area contributed by atoms with Gasteiger partial charge < -0.3 is 10.1 Å². The van der Waals surface area contributed by atoms with Gasteiger partial charge in [0.05, 0.1) is 11.6 Å². The van der Waals surface area contributed by atoms with E-state index in [9.17, 15) is 0 Å². The van der Waals surface area contributed by atoms with E-state index in [1.54, 1.807) is 6.20 Å². The highest BCUT2D eigenvalue weighted by molar-refractivity contribution is 6.31. The number of ether oxygens (including phenoxy) is 1. The van der Waals surface area contributed by atoms with Crippen molar-refractivity contribution in [2.45, 2.75) is 39.3 Å². The van der Waals surface area contributed by atoms with E-state index in [2.05, 4.69) is 24.1 Å². The molecule has 1 aromatic rings. The molecule has 0 bridgehead atoms. The topological polar surface area (TPSA) is 34.1 Å². The van der Waals surface area contributed by atoms with Crippen LogP contribution in [0, 0.1) is 5.92 Å². The minimum absolute atomic E-state index is 0.500. The molecular weight excluding hydrogens is 236 g/mol. The number of hydrogen-bond acceptors (Lipinski definition) is 3. The molecule has 0 saturated heterocycles. The summed E-state index contributed by atoms with van der Waals surface area (Å²) in [6, 6.07) is 2.61. The normalized spacial score (nSPS) is 15.3. The molecule has 0 unspecified atom stereocenters. The van der Waals surface area contributed by atoms with Crippen molar-refractivity contribution in [3.63, 3.8) is 0 Å². The predicted octanol–water partition coefficient (Wildman–Crippen LogP) is 3.02. The van der Waals surface area contributed by atoms with Crippen LogP contribution >= 0.6 is 11.6 Å². The Morgan fingerprint density at radius 2 is 2.29 bits per heavy atom. The lowest BCUT2D eigenvalue weighted by molar-refractivity contribution is 0.261. The van der Waals surface area contributed by atoms with E-state index in [-0.39, 0.29) is 0 Å². The molecular formula is C13H19ClN2O. The lowest BCUT2D eigenvalue weighted by Crippen LogP contribution is -2.16.